The first-order valence-electron chi connectivity index (χ1n) is 10.9. The van der Waals surface area contributed by atoms with Gasteiger partial charge in [0.05, 0.1) is 5.56 Å². The maximum absolute atomic E-state index is 12.5. The third kappa shape index (κ3) is 6.10. The van der Waals surface area contributed by atoms with Crippen molar-refractivity contribution in [3.63, 3.8) is 0 Å². The maximum atomic E-state index is 12.5. The summed E-state index contributed by atoms with van der Waals surface area (Å²) in [6.45, 7) is 3.08. The van der Waals surface area contributed by atoms with Crippen LogP contribution in [-0.2, 0) is 6.42 Å². The van der Waals surface area contributed by atoms with E-state index in [9.17, 15) is 9.59 Å². The number of nitrogens with zero attached hydrogens (tertiary/aromatic N) is 2. The molecule has 3 aromatic rings. The topological polar surface area (TPSA) is 89.0 Å². The van der Waals surface area contributed by atoms with Gasteiger partial charge in [0, 0.05) is 44.2 Å². The Morgan fingerprint density at radius 3 is 2.24 bits per heavy atom. The van der Waals surface area contributed by atoms with E-state index in [1.807, 2.05) is 37.4 Å². The Morgan fingerprint density at radius 1 is 0.970 bits per heavy atom. The van der Waals surface area contributed by atoms with Crippen LogP contribution in [0.3, 0.4) is 0 Å². The Hall–Kier alpha value is -3.87. The van der Waals surface area contributed by atoms with Crippen LogP contribution in [0, 0.1) is 6.92 Å². The normalized spacial score (nSPS) is 14.0. The van der Waals surface area contributed by atoms with Crippen molar-refractivity contribution in [2.75, 3.05) is 13.1 Å². The van der Waals surface area contributed by atoms with E-state index in [1.54, 1.807) is 29.2 Å². The highest BCUT2D eigenvalue weighted by Crippen LogP contribution is 2.21. The highest BCUT2D eigenvalue weighted by atomic mass is 16.6. The van der Waals surface area contributed by atoms with Crippen LogP contribution in [-0.4, -0.2) is 46.2 Å². The lowest BCUT2D eigenvalue weighted by molar-refractivity contribution is 0.0696. The fourth-order valence-corrected chi connectivity index (χ4v) is 3.68. The van der Waals surface area contributed by atoms with Gasteiger partial charge in [0.2, 0.25) is 0 Å². The van der Waals surface area contributed by atoms with Gasteiger partial charge in [0.15, 0.2) is 0 Å². The second-order valence-electron chi connectivity index (χ2n) is 8.15. The van der Waals surface area contributed by atoms with Crippen LogP contribution < -0.4 is 9.47 Å². The van der Waals surface area contributed by atoms with Gasteiger partial charge in [-0.25, -0.2) is 9.59 Å². The summed E-state index contributed by atoms with van der Waals surface area (Å²) in [5.41, 5.74) is 3.44. The van der Waals surface area contributed by atoms with Crippen molar-refractivity contribution >= 4 is 12.1 Å². The number of aromatic nitrogens is 1. The average Bonchev–Trinajstić information content (AvgIpc) is 2.82. The average molecular weight is 447 g/mol. The highest BCUT2D eigenvalue weighted by Gasteiger charge is 2.25. The summed E-state index contributed by atoms with van der Waals surface area (Å²) >= 11 is 0. The van der Waals surface area contributed by atoms with Crippen LogP contribution in [0.4, 0.5) is 4.79 Å². The molecule has 0 saturated carbocycles. The summed E-state index contributed by atoms with van der Waals surface area (Å²) < 4.78 is 11.5. The number of ether oxygens (including phenoxy) is 2. The molecule has 7 heteroatoms. The first kappa shape index (κ1) is 22.3. The second-order valence-corrected chi connectivity index (χ2v) is 8.15. The molecule has 1 aliphatic rings. The van der Waals surface area contributed by atoms with Crippen molar-refractivity contribution in [1.82, 2.24) is 9.88 Å². The van der Waals surface area contributed by atoms with E-state index < -0.39 is 5.97 Å². The molecule has 0 atom stereocenters. The van der Waals surface area contributed by atoms with E-state index in [1.165, 1.54) is 12.1 Å². The number of aromatic carboxylic acids is 1. The standard InChI is InChI=1S/C26H26N2O5/c1-18-2-7-21(27-17-18)16-19-3-8-23(9-4-19)33-26(31)28-14-12-24(13-15-28)32-22-10-5-20(6-11-22)25(29)30/h2-11,17,24H,12-16H2,1H3,(H,29,30). The van der Waals surface area contributed by atoms with E-state index in [0.717, 1.165) is 23.2 Å². The molecule has 1 saturated heterocycles. The minimum atomic E-state index is -0.966. The molecule has 7 nitrogen and oxygen atoms in total. The molecule has 1 amide bonds. The number of benzene rings is 2. The van der Waals surface area contributed by atoms with Gasteiger partial charge in [0.1, 0.15) is 17.6 Å². The zero-order valence-electron chi connectivity index (χ0n) is 18.4. The highest BCUT2D eigenvalue weighted by molar-refractivity contribution is 5.87. The predicted molar refractivity (Wildman–Crippen MR) is 123 cm³/mol. The van der Waals surface area contributed by atoms with Gasteiger partial charge in [-0.15, -0.1) is 0 Å². The van der Waals surface area contributed by atoms with Gasteiger partial charge in [0.25, 0.3) is 0 Å². The van der Waals surface area contributed by atoms with Crippen LogP contribution in [0.2, 0.25) is 0 Å². The zero-order valence-corrected chi connectivity index (χ0v) is 18.4. The molecule has 33 heavy (non-hydrogen) atoms. The van der Waals surface area contributed by atoms with E-state index in [-0.39, 0.29) is 17.8 Å². The predicted octanol–water partition coefficient (Wildman–Crippen LogP) is 4.72. The molecule has 4 rings (SSSR count). The van der Waals surface area contributed by atoms with Crippen molar-refractivity contribution in [3.05, 3.63) is 89.2 Å². The lowest BCUT2D eigenvalue weighted by Crippen LogP contribution is -2.43. The lowest BCUT2D eigenvalue weighted by Gasteiger charge is -2.31. The molecule has 0 spiro atoms. The van der Waals surface area contributed by atoms with Gasteiger partial charge in [-0.05, 0) is 60.5 Å². The third-order valence-corrected chi connectivity index (χ3v) is 5.59. The van der Waals surface area contributed by atoms with Gasteiger partial charge in [-0.2, -0.15) is 0 Å². The Labute approximate surface area is 192 Å². The number of aryl methyl sites for hydroxylation is 1. The van der Waals surface area contributed by atoms with Gasteiger partial charge >= 0.3 is 12.1 Å². The third-order valence-electron chi connectivity index (χ3n) is 5.59. The molecule has 1 aromatic heterocycles. The summed E-state index contributed by atoms with van der Waals surface area (Å²) in [7, 11) is 0. The van der Waals surface area contributed by atoms with E-state index in [2.05, 4.69) is 4.98 Å². The number of hydrogen-bond acceptors (Lipinski definition) is 5. The van der Waals surface area contributed by atoms with Crippen LogP contribution in [0.5, 0.6) is 11.5 Å². The fourth-order valence-electron chi connectivity index (χ4n) is 3.68. The minimum Gasteiger partial charge on any atom is -0.490 e. The lowest BCUT2D eigenvalue weighted by atomic mass is 10.1. The number of hydrogen-bond donors (Lipinski definition) is 1. The van der Waals surface area contributed by atoms with Gasteiger partial charge < -0.3 is 19.5 Å². The van der Waals surface area contributed by atoms with Crippen LogP contribution >= 0.6 is 0 Å². The number of carboxylic acids is 1. The SMILES string of the molecule is Cc1ccc(Cc2ccc(OC(=O)N3CCC(Oc4ccc(C(=O)O)cc4)CC3)cc2)nc1. The Balaban J connectivity index is 1.24. The number of piperidine rings is 1. The molecular weight excluding hydrogens is 420 g/mol. The van der Waals surface area contributed by atoms with Crippen LogP contribution in [0.15, 0.2) is 66.9 Å². The molecule has 1 fully saturated rings. The van der Waals surface area contributed by atoms with E-state index >= 15 is 0 Å². The molecule has 0 unspecified atom stereocenters. The fraction of sp³-hybridized carbons (Fsp3) is 0.269. The Kier molecular flexibility index (Phi) is 6.88. The van der Waals surface area contributed by atoms with E-state index in [4.69, 9.17) is 14.6 Å². The molecule has 2 aromatic carbocycles. The molecule has 1 N–H and O–H groups in total. The first-order valence-corrected chi connectivity index (χ1v) is 10.9. The molecule has 0 aliphatic carbocycles. The zero-order chi connectivity index (χ0) is 23.2. The number of carboxylic acid groups (broad SMARTS) is 1. The monoisotopic (exact) mass is 446 g/mol. The first-order chi connectivity index (χ1) is 16.0. The molecule has 1 aliphatic heterocycles. The number of rotatable bonds is 6. The Bertz CT molecular complexity index is 1090. The summed E-state index contributed by atoms with van der Waals surface area (Å²) in [5.74, 6) is 0.172. The van der Waals surface area contributed by atoms with Crippen molar-refractivity contribution in [2.24, 2.45) is 0 Å². The van der Waals surface area contributed by atoms with Crippen molar-refractivity contribution in [2.45, 2.75) is 32.3 Å². The van der Waals surface area contributed by atoms with Crippen molar-refractivity contribution in [1.29, 1.82) is 0 Å². The van der Waals surface area contributed by atoms with Gasteiger partial charge in [-0.1, -0.05) is 18.2 Å². The second kappa shape index (κ2) is 10.2. The molecule has 0 bridgehead atoms. The van der Waals surface area contributed by atoms with Crippen molar-refractivity contribution < 1.29 is 24.2 Å². The number of pyridine rings is 1. The van der Waals surface area contributed by atoms with Crippen molar-refractivity contribution in [3.8, 4) is 11.5 Å². The molecule has 2 heterocycles. The van der Waals surface area contributed by atoms with Crippen LogP contribution in [0.25, 0.3) is 0 Å². The van der Waals surface area contributed by atoms with Gasteiger partial charge in [-0.3, -0.25) is 4.98 Å². The number of amides is 1. The minimum absolute atomic E-state index is 0.0283. The molecule has 170 valence electrons. The summed E-state index contributed by atoms with van der Waals surface area (Å²) in [6.07, 6.45) is 3.54. The van der Waals surface area contributed by atoms with Crippen LogP contribution in [0.1, 0.15) is 40.0 Å². The Morgan fingerprint density at radius 2 is 1.64 bits per heavy atom. The smallest absolute Gasteiger partial charge is 0.415 e. The summed E-state index contributed by atoms with van der Waals surface area (Å²) in [5, 5.41) is 8.97. The molecule has 0 radical (unpaired) electrons. The quantitative estimate of drug-likeness (QED) is 0.589. The number of likely N-dealkylation sites (tertiary alicyclic amines) is 1. The number of carbonyl (C=O) groups is 2. The summed E-state index contributed by atoms with van der Waals surface area (Å²) in [4.78, 5) is 29.6. The maximum Gasteiger partial charge on any atom is 0.415 e. The largest absolute Gasteiger partial charge is 0.490 e. The summed E-state index contributed by atoms with van der Waals surface area (Å²) in [6, 6.07) is 17.9. The van der Waals surface area contributed by atoms with E-state index in [0.29, 0.717) is 37.4 Å². The number of carbonyl (C=O) groups excluding carboxylic acids is 1. The molecular formula is C26H26N2O5.